The summed E-state index contributed by atoms with van der Waals surface area (Å²) in [6.45, 7) is 2.57. The summed E-state index contributed by atoms with van der Waals surface area (Å²) >= 11 is 0. The molecule has 0 spiro atoms. The quantitative estimate of drug-likeness (QED) is 0.825. The smallest absolute Gasteiger partial charge is 0.229 e. The van der Waals surface area contributed by atoms with E-state index in [1.165, 1.54) is 18.4 Å². The number of aromatic nitrogens is 4. The van der Waals surface area contributed by atoms with Crippen LogP contribution in [0.4, 0.5) is 0 Å². The number of hydrogen-bond donors (Lipinski definition) is 0. The van der Waals surface area contributed by atoms with Crippen LogP contribution in [0.3, 0.4) is 0 Å². The van der Waals surface area contributed by atoms with Gasteiger partial charge in [0.25, 0.3) is 0 Å². The molecule has 0 saturated heterocycles. The van der Waals surface area contributed by atoms with Crippen LogP contribution < -0.4 is 0 Å². The molecule has 2 aliphatic rings. The minimum atomic E-state index is 0.524. The monoisotopic (exact) mass is 257 g/mol. The first-order chi connectivity index (χ1) is 9.38. The van der Waals surface area contributed by atoms with Crippen molar-refractivity contribution in [3.8, 4) is 0 Å². The van der Waals surface area contributed by atoms with Gasteiger partial charge in [0.05, 0.1) is 12.2 Å². The highest BCUT2D eigenvalue weighted by Gasteiger charge is 2.30. The van der Waals surface area contributed by atoms with E-state index in [-0.39, 0.29) is 0 Å². The molecular formula is C13H15N5O. The molecule has 1 aliphatic heterocycles. The van der Waals surface area contributed by atoms with Gasteiger partial charge in [-0.15, -0.1) is 0 Å². The highest BCUT2D eigenvalue weighted by molar-refractivity contribution is 5.18. The van der Waals surface area contributed by atoms with Crippen molar-refractivity contribution >= 4 is 0 Å². The molecule has 0 atom stereocenters. The first-order valence-electron chi connectivity index (χ1n) is 6.71. The molecule has 6 nitrogen and oxygen atoms in total. The van der Waals surface area contributed by atoms with Gasteiger partial charge < -0.3 is 4.52 Å². The van der Waals surface area contributed by atoms with Crippen molar-refractivity contribution in [2.75, 3.05) is 6.54 Å². The van der Waals surface area contributed by atoms with Gasteiger partial charge in [-0.3, -0.25) is 4.90 Å². The molecule has 0 N–H and O–H groups in total. The Morgan fingerprint density at radius 2 is 2.32 bits per heavy atom. The van der Waals surface area contributed by atoms with E-state index < -0.39 is 0 Å². The van der Waals surface area contributed by atoms with Gasteiger partial charge in [-0.05, 0) is 24.8 Å². The summed E-state index contributed by atoms with van der Waals surface area (Å²) in [5.74, 6) is 2.13. The summed E-state index contributed by atoms with van der Waals surface area (Å²) in [6.07, 6.45) is 6.90. The van der Waals surface area contributed by atoms with E-state index in [1.807, 2.05) is 6.20 Å². The van der Waals surface area contributed by atoms with Crippen molar-refractivity contribution in [3.63, 3.8) is 0 Å². The fourth-order valence-corrected chi connectivity index (χ4v) is 2.47. The maximum Gasteiger partial charge on any atom is 0.229 e. The molecule has 0 bridgehead atoms. The van der Waals surface area contributed by atoms with Gasteiger partial charge in [-0.1, -0.05) is 5.16 Å². The average molecular weight is 257 g/mol. The Hall–Kier alpha value is -1.82. The Balaban J connectivity index is 1.46. The Morgan fingerprint density at radius 1 is 1.37 bits per heavy atom. The van der Waals surface area contributed by atoms with Crippen LogP contribution in [0.1, 0.15) is 41.7 Å². The lowest BCUT2D eigenvalue weighted by atomic mass is 10.1. The molecule has 0 amide bonds. The zero-order chi connectivity index (χ0) is 12.7. The van der Waals surface area contributed by atoms with Gasteiger partial charge in [-0.25, -0.2) is 9.97 Å². The van der Waals surface area contributed by atoms with E-state index in [0.29, 0.717) is 5.92 Å². The Kier molecular flexibility index (Phi) is 2.55. The molecule has 1 saturated carbocycles. The SMILES string of the molecule is c1ncc2c(n1)CN(Cc1noc(C3CC3)n1)CC2. The molecule has 2 aromatic heterocycles. The zero-order valence-corrected chi connectivity index (χ0v) is 10.6. The lowest BCUT2D eigenvalue weighted by molar-refractivity contribution is 0.231. The van der Waals surface area contributed by atoms with Crippen molar-refractivity contribution in [3.05, 3.63) is 35.5 Å². The van der Waals surface area contributed by atoms with E-state index >= 15 is 0 Å². The third-order valence-electron chi connectivity index (χ3n) is 3.73. The van der Waals surface area contributed by atoms with Gasteiger partial charge >= 0.3 is 0 Å². The molecule has 6 heteroatoms. The molecule has 0 radical (unpaired) electrons. The van der Waals surface area contributed by atoms with Crippen molar-refractivity contribution in [1.82, 2.24) is 25.0 Å². The van der Waals surface area contributed by atoms with Crippen LogP contribution in [0.5, 0.6) is 0 Å². The Labute approximate surface area is 110 Å². The van der Waals surface area contributed by atoms with Crippen LogP contribution in [-0.2, 0) is 19.5 Å². The average Bonchev–Trinajstić information content (AvgIpc) is 3.20. The van der Waals surface area contributed by atoms with Crippen LogP contribution in [-0.4, -0.2) is 31.6 Å². The zero-order valence-electron chi connectivity index (χ0n) is 10.6. The van der Waals surface area contributed by atoms with Crippen LogP contribution in [0.25, 0.3) is 0 Å². The highest BCUT2D eigenvalue weighted by atomic mass is 16.5. The summed E-state index contributed by atoms with van der Waals surface area (Å²) in [4.78, 5) is 15.2. The summed E-state index contributed by atoms with van der Waals surface area (Å²) in [5.41, 5.74) is 2.37. The Bertz CT molecular complexity index is 592. The molecular weight excluding hydrogens is 242 g/mol. The van der Waals surface area contributed by atoms with Crippen molar-refractivity contribution in [2.45, 2.75) is 38.3 Å². The summed E-state index contributed by atoms with van der Waals surface area (Å²) in [6, 6.07) is 0. The minimum Gasteiger partial charge on any atom is -0.339 e. The minimum absolute atomic E-state index is 0.524. The molecule has 2 aromatic rings. The second-order valence-corrected chi connectivity index (χ2v) is 5.28. The fourth-order valence-electron chi connectivity index (χ4n) is 2.47. The van der Waals surface area contributed by atoms with E-state index in [2.05, 4.69) is 25.0 Å². The van der Waals surface area contributed by atoms with E-state index in [9.17, 15) is 0 Å². The molecule has 3 heterocycles. The van der Waals surface area contributed by atoms with Crippen molar-refractivity contribution in [1.29, 1.82) is 0 Å². The van der Waals surface area contributed by atoms with E-state index in [4.69, 9.17) is 4.52 Å². The molecule has 19 heavy (non-hydrogen) atoms. The topological polar surface area (TPSA) is 67.9 Å². The van der Waals surface area contributed by atoms with Gasteiger partial charge in [0.15, 0.2) is 5.82 Å². The van der Waals surface area contributed by atoms with Gasteiger partial charge in [0, 0.05) is 25.2 Å². The van der Waals surface area contributed by atoms with E-state index in [1.54, 1.807) is 6.33 Å². The predicted molar refractivity (Wildman–Crippen MR) is 66.1 cm³/mol. The first-order valence-corrected chi connectivity index (χ1v) is 6.71. The van der Waals surface area contributed by atoms with Gasteiger partial charge in [0.1, 0.15) is 6.33 Å². The van der Waals surface area contributed by atoms with Crippen molar-refractivity contribution in [2.24, 2.45) is 0 Å². The first kappa shape index (κ1) is 11.0. The number of hydrogen-bond acceptors (Lipinski definition) is 6. The number of rotatable bonds is 3. The molecule has 0 aromatic carbocycles. The highest BCUT2D eigenvalue weighted by Crippen LogP contribution is 2.38. The van der Waals surface area contributed by atoms with Crippen LogP contribution in [0.15, 0.2) is 17.0 Å². The van der Waals surface area contributed by atoms with Gasteiger partial charge in [-0.2, -0.15) is 4.98 Å². The molecule has 1 fully saturated rings. The lowest BCUT2D eigenvalue weighted by Gasteiger charge is -2.26. The van der Waals surface area contributed by atoms with Crippen molar-refractivity contribution < 1.29 is 4.52 Å². The number of nitrogens with zero attached hydrogens (tertiary/aromatic N) is 5. The summed E-state index contributed by atoms with van der Waals surface area (Å²) in [7, 11) is 0. The summed E-state index contributed by atoms with van der Waals surface area (Å²) in [5, 5.41) is 4.07. The second kappa shape index (κ2) is 4.38. The molecule has 4 rings (SSSR count). The van der Waals surface area contributed by atoms with Crippen LogP contribution in [0, 0.1) is 0 Å². The number of fused-ring (bicyclic) bond motifs is 1. The maximum atomic E-state index is 5.29. The Morgan fingerprint density at radius 3 is 3.21 bits per heavy atom. The predicted octanol–water partition coefficient (Wildman–Crippen LogP) is 1.30. The third-order valence-corrected chi connectivity index (χ3v) is 3.73. The van der Waals surface area contributed by atoms with Gasteiger partial charge in [0.2, 0.25) is 5.89 Å². The van der Waals surface area contributed by atoms with Crippen LogP contribution in [0.2, 0.25) is 0 Å². The second-order valence-electron chi connectivity index (χ2n) is 5.28. The van der Waals surface area contributed by atoms with Crippen LogP contribution >= 0.6 is 0 Å². The van der Waals surface area contributed by atoms with E-state index in [0.717, 1.165) is 43.5 Å². The fraction of sp³-hybridized carbons (Fsp3) is 0.538. The largest absolute Gasteiger partial charge is 0.339 e. The lowest BCUT2D eigenvalue weighted by Crippen LogP contribution is -2.31. The molecule has 98 valence electrons. The normalized spacial score (nSPS) is 19.4. The third kappa shape index (κ3) is 2.23. The molecule has 0 unspecified atom stereocenters. The summed E-state index contributed by atoms with van der Waals surface area (Å²) < 4.78 is 5.29. The molecule has 1 aliphatic carbocycles. The maximum absolute atomic E-state index is 5.29. The standard InChI is InChI=1S/C13H15N5O/c1-2-9(1)13-16-12(17-19-13)7-18-4-3-10-5-14-8-15-11(10)6-18/h5,8-9H,1-4,6-7H2.